The van der Waals surface area contributed by atoms with Crippen LogP contribution < -0.4 is 10.3 Å². The molecule has 0 saturated carbocycles. The molecule has 0 aromatic heterocycles. The summed E-state index contributed by atoms with van der Waals surface area (Å²) in [6.45, 7) is 0. The SMILES string of the molecule is C1=CC2(C(C3=Cc4ccccc4ON3)=Cc3ccccc32)c2ccccc21. The summed E-state index contributed by atoms with van der Waals surface area (Å²) in [6, 6.07) is 25.4. The van der Waals surface area contributed by atoms with Gasteiger partial charge >= 0.3 is 0 Å². The van der Waals surface area contributed by atoms with Gasteiger partial charge in [-0.2, -0.15) is 0 Å². The Bertz CT molecular complexity index is 1170. The molecule has 1 N–H and O–H groups in total. The zero-order chi connectivity index (χ0) is 17.8. The van der Waals surface area contributed by atoms with Crippen molar-refractivity contribution in [2.75, 3.05) is 0 Å². The molecule has 1 spiro atoms. The Morgan fingerprint density at radius 2 is 1.33 bits per heavy atom. The van der Waals surface area contributed by atoms with Gasteiger partial charge in [-0.05, 0) is 46.0 Å². The molecular weight excluding hydrogens is 330 g/mol. The second-order valence-corrected chi connectivity index (χ2v) is 7.17. The lowest BCUT2D eigenvalue weighted by Crippen LogP contribution is -2.31. The zero-order valence-electron chi connectivity index (χ0n) is 14.6. The minimum atomic E-state index is -0.276. The van der Waals surface area contributed by atoms with E-state index < -0.39 is 0 Å². The molecule has 3 aliphatic rings. The fraction of sp³-hybridized carbons (Fsp3) is 0.0400. The second kappa shape index (κ2) is 5.24. The standard InChI is InChI=1S/C25H17NO/c1-4-10-20-17(7-1)13-14-25(20)21-11-5-2-8-18(21)15-22(25)23-16-19-9-3-6-12-24(19)27-26-23/h1-16,26H. The van der Waals surface area contributed by atoms with Crippen molar-refractivity contribution in [1.29, 1.82) is 0 Å². The molecular formula is C25H17NO. The molecule has 6 rings (SSSR count). The molecule has 2 aliphatic carbocycles. The highest BCUT2D eigenvalue weighted by Gasteiger charge is 2.46. The van der Waals surface area contributed by atoms with Crippen LogP contribution in [0.4, 0.5) is 0 Å². The van der Waals surface area contributed by atoms with E-state index in [0.717, 1.165) is 17.0 Å². The second-order valence-electron chi connectivity index (χ2n) is 7.17. The summed E-state index contributed by atoms with van der Waals surface area (Å²) in [5.74, 6) is 0.855. The first-order chi connectivity index (χ1) is 13.4. The maximum absolute atomic E-state index is 5.85. The van der Waals surface area contributed by atoms with E-state index in [4.69, 9.17) is 4.84 Å². The van der Waals surface area contributed by atoms with Gasteiger partial charge in [-0.25, -0.2) is 5.48 Å². The highest BCUT2D eigenvalue weighted by atomic mass is 16.6. The van der Waals surface area contributed by atoms with Gasteiger partial charge in [0.25, 0.3) is 0 Å². The van der Waals surface area contributed by atoms with E-state index in [1.807, 2.05) is 18.2 Å². The Morgan fingerprint density at radius 1 is 0.667 bits per heavy atom. The molecule has 128 valence electrons. The molecule has 2 heteroatoms. The van der Waals surface area contributed by atoms with Crippen LogP contribution >= 0.6 is 0 Å². The number of benzene rings is 3. The van der Waals surface area contributed by atoms with E-state index in [9.17, 15) is 0 Å². The summed E-state index contributed by atoms with van der Waals surface area (Å²) in [4.78, 5) is 5.85. The number of hydroxylamine groups is 1. The summed E-state index contributed by atoms with van der Waals surface area (Å²) in [6.07, 6.45) is 9.05. The van der Waals surface area contributed by atoms with E-state index in [1.54, 1.807) is 0 Å². The first-order valence-electron chi connectivity index (χ1n) is 9.21. The van der Waals surface area contributed by atoms with Crippen molar-refractivity contribution in [1.82, 2.24) is 5.48 Å². The number of allylic oxidation sites excluding steroid dienone is 2. The Balaban J connectivity index is 1.60. The van der Waals surface area contributed by atoms with Crippen LogP contribution in [0.25, 0.3) is 18.2 Å². The van der Waals surface area contributed by atoms with Gasteiger partial charge in [0.2, 0.25) is 0 Å². The van der Waals surface area contributed by atoms with Crippen molar-refractivity contribution in [3.05, 3.63) is 118 Å². The molecule has 2 nitrogen and oxygen atoms in total. The fourth-order valence-corrected chi connectivity index (χ4v) is 4.58. The van der Waals surface area contributed by atoms with Crippen LogP contribution in [0, 0.1) is 0 Å². The van der Waals surface area contributed by atoms with Crippen LogP contribution in [-0.2, 0) is 5.41 Å². The maximum atomic E-state index is 5.85. The van der Waals surface area contributed by atoms with Crippen molar-refractivity contribution in [2.45, 2.75) is 5.41 Å². The first kappa shape index (κ1) is 14.6. The van der Waals surface area contributed by atoms with Gasteiger partial charge in [0.15, 0.2) is 5.75 Å². The van der Waals surface area contributed by atoms with Crippen LogP contribution in [-0.4, -0.2) is 0 Å². The average Bonchev–Trinajstić information content (AvgIpc) is 3.28. The third-order valence-corrected chi connectivity index (χ3v) is 5.79. The Morgan fingerprint density at radius 3 is 2.19 bits per heavy atom. The number of rotatable bonds is 1. The zero-order valence-corrected chi connectivity index (χ0v) is 14.6. The molecule has 3 aromatic carbocycles. The predicted octanol–water partition coefficient (Wildman–Crippen LogP) is 5.33. The quantitative estimate of drug-likeness (QED) is 0.642. The van der Waals surface area contributed by atoms with Gasteiger partial charge in [0.1, 0.15) is 0 Å². The molecule has 3 aromatic rings. The average molecular weight is 347 g/mol. The molecule has 27 heavy (non-hydrogen) atoms. The fourth-order valence-electron chi connectivity index (χ4n) is 4.58. The molecule has 0 bridgehead atoms. The normalized spacial score (nSPS) is 20.9. The number of hydrogen-bond donors (Lipinski definition) is 1. The lowest BCUT2D eigenvalue weighted by molar-refractivity contribution is 0.226. The number of para-hydroxylation sites is 1. The number of hydrogen-bond acceptors (Lipinski definition) is 2. The Hall–Kier alpha value is -3.52. The van der Waals surface area contributed by atoms with E-state index in [0.29, 0.717) is 0 Å². The van der Waals surface area contributed by atoms with Gasteiger partial charge in [0.05, 0.1) is 11.1 Å². The summed E-state index contributed by atoms with van der Waals surface area (Å²) < 4.78 is 0. The third kappa shape index (κ3) is 1.90. The van der Waals surface area contributed by atoms with E-state index in [2.05, 4.69) is 84.4 Å². The molecule has 0 radical (unpaired) electrons. The van der Waals surface area contributed by atoms with Crippen LogP contribution in [0.2, 0.25) is 0 Å². The Labute approximate surface area is 158 Å². The predicted molar refractivity (Wildman–Crippen MR) is 109 cm³/mol. The first-order valence-corrected chi connectivity index (χ1v) is 9.21. The molecule has 1 unspecified atom stereocenters. The maximum Gasteiger partial charge on any atom is 0.162 e. The lowest BCUT2D eigenvalue weighted by atomic mass is 9.72. The molecule has 1 heterocycles. The molecule has 1 atom stereocenters. The van der Waals surface area contributed by atoms with Crippen LogP contribution in [0.1, 0.15) is 27.8 Å². The van der Waals surface area contributed by atoms with E-state index >= 15 is 0 Å². The van der Waals surface area contributed by atoms with Crippen LogP contribution in [0.5, 0.6) is 5.75 Å². The molecule has 0 fully saturated rings. The summed E-state index contributed by atoms with van der Waals surface area (Å²) in [5, 5.41) is 0. The van der Waals surface area contributed by atoms with Gasteiger partial charge in [-0.15, -0.1) is 0 Å². The smallest absolute Gasteiger partial charge is 0.162 e. The largest absolute Gasteiger partial charge is 0.382 e. The monoisotopic (exact) mass is 347 g/mol. The van der Waals surface area contributed by atoms with Gasteiger partial charge < -0.3 is 4.84 Å². The van der Waals surface area contributed by atoms with Crippen molar-refractivity contribution in [3.8, 4) is 5.75 Å². The summed E-state index contributed by atoms with van der Waals surface area (Å²) in [7, 11) is 0. The van der Waals surface area contributed by atoms with Crippen LogP contribution in [0.15, 0.2) is 90.1 Å². The highest BCUT2D eigenvalue weighted by molar-refractivity contribution is 5.87. The van der Waals surface area contributed by atoms with Crippen molar-refractivity contribution in [3.63, 3.8) is 0 Å². The summed E-state index contributed by atoms with van der Waals surface area (Å²) in [5.41, 5.74) is 11.4. The van der Waals surface area contributed by atoms with Crippen molar-refractivity contribution in [2.24, 2.45) is 0 Å². The van der Waals surface area contributed by atoms with Gasteiger partial charge in [-0.3, -0.25) is 0 Å². The molecule has 1 aliphatic heterocycles. The van der Waals surface area contributed by atoms with Crippen molar-refractivity contribution >= 4 is 18.2 Å². The molecule has 0 amide bonds. The Kier molecular flexibility index (Phi) is 2.84. The minimum Gasteiger partial charge on any atom is -0.382 e. The third-order valence-electron chi connectivity index (χ3n) is 5.79. The number of fused-ring (bicyclic) bond motifs is 5. The molecule has 0 saturated heterocycles. The highest BCUT2D eigenvalue weighted by Crippen LogP contribution is 2.54. The van der Waals surface area contributed by atoms with Crippen molar-refractivity contribution < 1.29 is 4.84 Å². The minimum absolute atomic E-state index is 0.276. The number of nitrogens with one attached hydrogen (secondary N) is 1. The van der Waals surface area contributed by atoms with E-state index in [-0.39, 0.29) is 5.41 Å². The van der Waals surface area contributed by atoms with Crippen LogP contribution in [0.3, 0.4) is 0 Å². The van der Waals surface area contributed by atoms with Gasteiger partial charge in [-0.1, -0.05) is 78.9 Å². The lowest BCUT2D eigenvalue weighted by Gasteiger charge is -2.32. The van der Waals surface area contributed by atoms with Gasteiger partial charge in [0, 0.05) is 5.56 Å². The summed E-state index contributed by atoms with van der Waals surface area (Å²) >= 11 is 0. The topological polar surface area (TPSA) is 21.3 Å². The van der Waals surface area contributed by atoms with E-state index in [1.165, 1.54) is 27.8 Å².